The van der Waals surface area contributed by atoms with E-state index in [1.54, 1.807) is 0 Å². The Hall–Kier alpha value is -3.12. The largest absolute Gasteiger partial charge is 0.393 e. The van der Waals surface area contributed by atoms with E-state index in [9.17, 15) is 148 Å². The summed E-state index contributed by atoms with van der Waals surface area (Å²) in [4.78, 5) is 0. The summed E-state index contributed by atoms with van der Waals surface area (Å²) in [6, 6.07) is 0. The van der Waals surface area contributed by atoms with Crippen LogP contribution in [0.1, 0.15) is 228 Å². The number of aliphatic hydroxyl groups excluding tert-OH is 28. The van der Waals surface area contributed by atoms with Crippen LogP contribution in [-0.2, 0) is 42.6 Å². The van der Waals surface area contributed by atoms with E-state index in [0.29, 0.717) is 68.9 Å². The normalized spacial score (nSPS) is 39.9. The van der Waals surface area contributed by atoms with Crippen LogP contribution in [0.4, 0.5) is 0 Å². The number of ether oxygens (including phenoxy) is 9. The Morgan fingerprint density at radius 2 is 1.09 bits per heavy atom. The molecule has 136 heavy (non-hydrogen) atoms. The molecule has 0 amide bonds. The van der Waals surface area contributed by atoms with Crippen molar-refractivity contribution in [3.8, 4) is 0 Å². The third-order valence-corrected chi connectivity index (χ3v) is 29.4. The summed E-state index contributed by atoms with van der Waals surface area (Å²) in [5.74, 6) is -3.86. The average molecular weight is 1960 g/mol. The van der Waals surface area contributed by atoms with Gasteiger partial charge in [0.25, 0.3) is 0 Å². The second-order valence-electron chi connectivity index (χ2n) is 41.6. The zero-order valence-electron chi connectivity index (χ0n) is 79.5. The lowest BCUT2D eigenvalue weighted by molar-refractivity contribution is -0.355. The zero-order valence-corrected chi connectivity index (χ0v) is 79.5. The maximum atomic E-state index is 11.5. The molecule has 48 unspecified atom stereocenters. The minimum atomic E-state index is -2.57. The van der Waals surface area contributed by atoms with Gasteiger partial charge in [-0.05, 0) is 115 Å². The van der Waals surface area contributed by atoms with Crippen molar-refractivity contribution in [1.82, 2.24) is 0 Å². The fourth-order valence-corrected chi connectivity index (χ4v) is 21.0. The standard InChI is InChI=1S/C97H167NO38/c1-48(2)33-80-95(7)44-50(4)45-96(135-80,136-95)32-15-10-8-9-12-18-55(101)36-79-90(122)93(125)94(126)97(127,134-79)46-69(112)51(5)23-24-53(99)25-27-62(105)83(115)77-43-68(111)84(116)76(133-77)41-65(108)66(109)42-78-89(121)92(124)88(120)75(132-78)35-54(100)19-13-11-14-20-60(103)82(114)61(104)21-16-17-49(3)22-26-63(106)85(117)81(113)52(6)34-74-87(119)91(123)86(118)72(131-74)29-28-59(102)64(107)38-56-37-57-40-73(129-56)71(128-57)31-30-70-67(110)39-58(47-98)130-70/h11,13-14,16-17,19,23-24,28-29,48,50-94,99-127H,3,8-10,12,15,18,20-22,25-27,30-47,98H2,1-2,4-7H3. The lowest BCUT2D eigenvalue weighted by Crippen LogP contribution is -2.65. The molecule has 0 aromatic heterocycles. The molecule has 9 fully saturated rings. The van der Waals surface area contributed by atoms with Crippen LogP contribution in [0, 0.1) is 23.7 Å². The van der Waals surface area contributed by atoms with Crippen LogP contribution in [0.15, 0.2) is 72.9 Å². The van der Waals surface area contributed by atoms with Crippen LogP contribution in [0.2, 0.25) is 0 Å². The molecule has 9 heterocycles. The molecule has 4 bridgehead atoms. The van der Waals surface area contributed by atoms with E-state index >= 15 is 0 Å². The Bertz CT molecular complexity index is 3630. The minimum Gasteiger partial charge on any atom is -0.393 e. The SMILES string of the molecule is C=C(C=CCC(O)C(O)C(O)CC=CC=CC(O)CC1OC(CC(O)C(O)CC2OC(C(O)C(O)CCC(O)C=CC(C)C(O)CC3(O)OC(CC(O)CCCCCCCC45CC(C)CC(C)(O4)C(CC(C)C)O5)C(O)C(O)C3O)CC(O)C2O)C(O)C(O)C1O)CCC(O)C(O)C(O)C(C)CC1OC(C=CC(O)C(O)CC2CC3CC(O2)C(CCC2OC(CN)CC2O)O3)C(O)C(O)C1O. The van der Waals surface area contributed by atoms with Gasteiger partial charge >= 0.3 is 0 Å². The van der Waals surface area contributed by atoms with Crippen molar-refractivity contribution in [2.75, 3.05) is 6.54 Å². The lowest BCUT2D eigenvalue weighted by atomic mass is 9.81. The molecule has 0 radical (unpaired) electrons. The Labute approximate surface area is 797 Å². The number of hydrogen-bond donors (Lipinski definition) is 30. The van der Waals surface area contributed by atoms with Crippen molar-refractivity contribution < 1.29 is 191 Å². The van der Waals surface area contributed by atoms with Gasteiger partial charge in [-0.25, -0.2) is 0 Å². The molecule has 788 valence electrons. The van der Waals surface area contributed by atoms with Crippen LogP contribution in [-0.4, -0.2) is 428 Å². The molecule has 0 aromatic carbocycles. The molecule has 0 spiro atoms. The first-order chi connectivity index (χ1) is 64.0. The molecule has 9 aliphatic heterocycles. The van der Waals surface area contributed by atoms with Crippen molar-refractivity contribution in [1.29, 1.82) is 0 Å². The molecule has 0 aliphatic carbocycles. The van der Waals surface area contributed by atoms with Crippen molar-refractivity contribution in [3.05, 3.63) is 72.9 Å². The Morgan fingerprint density at radius 1 is 0.463 bits per heavy atom. The van der Waals surface area contributed by atoms with E-state index in [0.717, 1.165) is 51.4 Å². The molecule has 9 aliphatic rings. The van der Waals surface area contributed by atoms with Gasteiger partial charge in [-0.1, -0.05) is 133 Å². The predicted octanol–water partition coefficient (Wildman–Crippen LogP) is -3.16. The van der Waals surface area contributed by atoms with Gasteiger partial charge in [0.15, 0.2) is 11.6 Å². The first kappa shape index (κ1) is 116. The summed E-state index contributed by atoms with van der Waals surface area (Å²) in [6.07, 6.45) is -34.6. The third-order valence-electron chi connectivity index (χ3n) is 29.4. The van der Waals surface area contributed by atoms with Gasteiger partial charge in [-0.15, -0.1) is 0 Å². The molecule has 31 N–H and O–H groups in total. The monoisotopic (exact) mass is 1950 g/mol. The Kier molecular flexibility index (Phi) is 46.1. The lowest BCUT2D eigenvalue weighted by Gasteiger charge is -2.47. The van der Waals surface area contributed by atoms with E-state index in [-0.39, 0.29) is 106 Å². The maximum absolute atomic E-state index is 11.5. The second kappa shape index (κ2) is 53.8. The van der Waals surface area contributed by atoms with Crippen molar-refractivity contribution >= 4 is 0 Å². The van der Waals surface area contributed by atoms with Crippen molar-refractivity contribution in [2.45, 2.75) is 501 Å². The summed E-state index contributed by atoms with van der Waals surface area (Å²) < 4.78 is 55.1. The van der Waals surface area contributed by atoms with Crippen LogP contribution < -0.4 is 5.73 Å². The van der Waals surface area contributed by atoms with Gasteiger partial charge in [0.1, 0.15) is 85.5 Å². The van der Waals surface area contributed by atoms with Gasteiger partial charge in [0.05, 0.1) is 177 Å². The highest BCUT2D eigenvalue weighted by atomic mass is 16.8. The zero-order chi connectivity index (χ0) is 100. The number of aliphatic hydroxyl groups is 29. The highest BCUT2D eigenvalue weighted by Crippen LogP contribution is 2.53. The highest BCUT2D eigenvalue weighted by molar-refractivity contribution is 5.16. The molecular formula is C97H167NO38. The van der Waals surface area contributed by atoms with Crippen molar-refractivity contribution in [3.63, 3.8) is 0 Å². The maximum Gasteiger partial charge on any atom is 0.197 e. The molecule has 0 saturated carbocycles. The Balaban J connectivity index is 0.621. The number of rotatable bonds is 55. The van der Waals surface area contributed by atoms with Gasteiger partial charge in [-0.3, -0.25) is 0 Å². The first-order valence-corrected chi connectivity index (χ1v) is 49.5. The number of fused-ring (bicyclic) bond motifs is 4. The Morgan fingerprint density at radius 3 is 1.76 bits per heavy atom. The highest BCUT2D eigenvalue weighted by Gasteiger charge is 2.60. The van der Waals surface area contributed by atoms with E-state index in [1.807, 2.05) is 0 Å². The number of nitrogens with two attached hydrogens (primary N) is 1. The van der Waals surface area contributed by atoms with Crippen LogP contribution in [0.5, 0.6) is 0 Å². The van der Waals surface area contributed by atoms with Gasteiger partial charge in [0.2, 0.25) is 0 Å². The van der Waals surface area contributed by atoms with E-state index in [4.69, 9.17) is 48.4 Å². The number of allylic oxidation sites excluding steroid dienone is 4. The molecule has 39 heteroatoms. The molecule has 39 nitrogen and oxygen atoms in total. The smallest absolute Gasteiger partial charge is 0.197 e. The quantitative estimate of drug-likeness (QED) is 0.0162. The molecule has 48 atom stereocenters. The number of hydrogen-bond acceptors (Lipinski definition) is 39. The summed E-state index contributed by atoms with van der Waals surface area (Å²) in [5.41, 5.74) is 5.85. The average Bonchev–Trinajstić information content (AvgIpc) is 1.60. The summed E-state index contributed by atoms with van der Waals surface area (Å²) in [5, 5.41) is 318. The fraction of sp³-hybridized carbons (Fsp3) is 0.876. The third kappa shape index (κ3) is 32.7. The summed E-state index contributed by atoms with van der Waals surface area (Å²) in [6.45, 7) is 16.1. The van der Waals surface area contributed by atoms with Crippen molar-refractivity contribution in [2.24, 2.45) is 29.4 Å². The predicted molar refractivity (Wildman–Crippen MR) is 487 cm³/mol. The fourth-order valence-electron chi connectivity index (χ4n) is 21.0. The topological polar surface area (TPSA) is 696 Å². The summed E-state index contributed by atoms with van der Waals surface area (Å²) >= 11 is 0. The molecular weight excluding hydrogens is 1790 g/mol. The number of unbranched alkanes of at least 4 members (excludes halogenated alkanes) is 4. The second-order valence-corrected chi connectivity index (χ2v) is 41.6. The molecule has 0 aromatic rings. The van der Waals surface area contributed by atoms with Crippen LogP contribution in [0.3, 0.4) is 0 Å². The van der Waals surface area contributed by atoms with E-state index in [2.05, 4.69) is 34.3 Å². The van der Waals surface area contributed by atoms with E-state index < -0.39 is 269 Å². The minimum absolute atomic E-state index is 0.0471. The molecule has 9 rings (SSSR count). The van der Waals surface area contributed by atoms with E-state index in [1.165, 1.54) is 74.6 Å². The van der Waals surface area contributed by atoms with Crippen LogP contribution >= 0.6 is 0 Å². The van der Waals surface area contributed by atoms with Gasteiger partial charge < -0.3 is 196 Å². The van der Waals surface area contributed by atoms with Crippen LogP contribution in [0.25, 0.3) is 0 Å². The first-order valence-electron chi connectivity index (χ1n) is 49.5. The molecule has 9 saturated heterocycles. The van der Waals surface area contributed by atoms with Gasteiger partial charge in [-0.2, -0.15) is 0 Å². The van der Waals surface area contributed by atoms with Gasteiger partial charge in [0, 0.05) is 83.1 Å². The summed E-state index contributed by atoms with van der Waals surface area (Å²) in [7, 11) is 0.